The Morgan fingerprint density at radius 1 is 1.43 bits per heavy atom. The maximum Gasteiger partial charge on any atom is 0.353 e. The standard InChI is InChI=1S/C8H16FO4P/c1-5-12-7(10)8(3,9)14(4,11)13-6-2/h5-6H2,1-4H3. The van der Waals surface area contributed by atoms with Crippen molar-refractivity contribution in [1.29, 1.82) is 0 Å². The number of hydrogen-bond acceptors (Lipinski definition) is 4. The van der Waals surface area contributed by atoms with Gasteiger partial charge in [0.15, 0.2) is 0 Å². The molecule has 0 saturated carbocycles. The molecule has 2 atom stereocenters. The molecule has 0 heterocycles. The SMILES string of the molecule is CCOC(=O)C(C)(F)P(C)(=O)OCC. The molecule has 2 unspecified atom stereocenters. The maximum absolute atomic E-state index is 13.8. The molecule has 0 spiro atoms. The molecule has 0 amide bonds. The summed E-state index contributed by atoms with van der Waals surface area (Å²) in [5, 5.41) is -2.57. The lowest BCUT2D eigenvalue weighted by Gasteiger charge is -2.24. The maximum atomic E-state index is 13.8. The Bertz CT molecular complexity index is 252. The number of ether oxygens (including phenoxy) is 1. The predicted molar refractivity (Wildman–Crippen MR) is 51.3 cm³/mol. The molecule has 0 saturated heterocycles. The highest BCUT2D eigenvalue weighted by Crippen LogP contribution is 2.57. The van der Waals surface area contributed by atoms with E-state index in [1.807, 2.05) is 0 Å². The normalized spacial score (nSPS) is 19.5. The fourth-order valence-corrected chi connectivity index (χ4v) is 1.93. The largest absolute Gasteiger partial charge is 0.463 e. The molecular formula is C8H16FO4P. The Morgan fingerprint density at radius 2 is 1.93 bits per heavy atom. The van der Waals surface area contributed by atoms with Gasteiger partial charge < -0.3 is 9.26 Å². The van der Waals surface area contributed by atoms with Gasteiger partial charge in [-0.25, -0.2) is 9.18 Å². The lowest BCUT2D eigenvalue weighted by molar-refractivity contribution is -0.151. The van der Waals surface area contributed by atoms with Crippen LogP contribution in [0.15, 0.2) is 0 Å². The van der Waals surface area contributed by atoms with E-state index in [9.17, 15) is 13.8 Å². The minimum absolute atomic E-state index is 0.0461. The topological polar surface area (TPSA) is 52.6 Å². The summed E-state index contributed by atoms with van der Waals surface area (Å²) in [6.07, 6.45) is 0. The second kappa shape index (κ2) is 4.89. The van der Waals surface area contributed by atoms with E-state index in [1.54, 1.807) is 13.8 Å². The van der Waals surface area contributed by atoms with E-state index in [0.717, 1.165) is 13.6 Å². The highest BCUT2D eigenvalue weighted by atomic mass is 31.2. The lowest BCUT2D eigenvalue weighted by Crippen LogP contribution is -2.32. The Morgan fingerprint density at radius 3 is 2.29 bits per heavy atom. The van der Waals surface area contributed by atoms with Gasteiger partial charge in [0.05, 0.1) is 13.2 Å². The molecule has 0 radical (unpaired) electrons. The van der Waals surface area contributed by atoms with Crippen LogP contribution in [0.4, 0.5) is 4.39 Å². The van der Waals surface area contributed by atoms with Gasteiger partial charge in [-0.3, -0.25) is 4.57 Å². The van der Waals surface area contributed by atoms with Gasteiger partial charge in [-0.2, -0.15) is 0 Å². The molecular weight excluding hydrogens is 210 g/mol. The fourth-order valence-electron chi connectivity index (χ4n) is 0.796. The summed E-state index contributed by atoms with van der Waals surface area (Å²) < 4.78 is 34.6. The van der Waals surface area contributed by atoms with Crippen molar-refractivity contribution >= 4 is 13.3 Å². The third kappa shape index (κ3) is 2.79. The van der Waals surface area contributed by atoms with Crippen LogP contribution in [0.2, 0.25) is 0 Å². The van der Waals surface area contributed by atoms with Gasteiger partial charge in [-0.15, -0.1) is 0 Å². The number of carbonyl (C=O) groups is 1. The first-order chi connectivity index (χ1) is 6.29. The van der Waals surface area contributed by atoms with Gasteiger partial charge in [0.2, 0.25) is 7.37 Å². The number of esters is 1. The molecule has 0 aromatic carbocycles. The molecule has 84 valence electrons. The number of hydrogen-bond donors (Lipinski definition) is 0. The van der Waals surface area contributed by atoms with Crippen molar-refractivity contribution in [2.24, 2.45) is 0 Å². The summed E-state index contributed by atoms with van der Waals surface area (Å²) in [4.78, 5) is 11.1. The predicted octanol–water partition coefficient (Wildman–Crippen LogP) is 2.18. The second-order valence-electron chi connectivity index (χ2n) is 2.94. The van der Waals surface area contributed by atoms with E-state index in [4.69, 9.17) is 4.52 Å². The number of carbonyl (C=O) groups excluding carboxylic acids is 1. The number of alkyl halides is 1. The minimum Gasteiger partial charge on any atom is -0.463 e. The smallest absolute Gasteiger partial charge is 0.353 e. The summed E-state index contributed by atoms with van der Waals surface area (Å²) in [7, 11) is -3.62. The Kier molecular flexibility index (Phi) is 4.75. The average Bonchev–Trinajstić information content (AvgIpc) is 2.04. The van der Waals surface area contributed by atoms with Crippen LogP contribution in [0, 0.1) is 0 Å². The van der Waals surface area contributed by atoms with Gasteiger partial charge >= 0.3 is 5.97 Å². The molecule has 0 aromatic heterocycles. The molecule has 0 aliphatic carbocycles. The molecule has 14 heavy (non-hydrogen) atoms. The second-order valence-corrected chi connectivity index (χ2v) is 5.73. The molecule has 0 aliphatic rings. The van der Waals surface area contributed by atoms with E-state index >= 15 is 0 Å². The summed E-state index contributed by atoms with van der Waals surface area (Å²) in [6, 6.07) is 0. The number of rotatable bonds is 5. The molecule has 4 nitrogen and oxygen atoms in total. The lowest BCUT2D eigenvalue weighted by atomic mass is 10.4. The van der Waals surface area contributed by atoms with E-state index in [-0.39, 0.29) is 13.2 Å². The molecule has 0 fully saturated rings. The van der Waals surface area contributed by atoms with Crippen molar-refractivity contribution in [1.82, 2.24) is 0 Å². The van der Waals surface area contributed by atoms with Crippen molar-refractivity contribution in [2.45, 2.75) is 26.2 Å². The zero-order valence-corrected chi connectivity index (χ0v) is 9.77. The van der Waals surface area contributed by atoms with Crippen LogP contribution in [0.1, 0.15) is 20.8 Å². The molecule has 0 aromatic rings. The molecule has 0 bridgehead atoms. The van der Waals surface area contributed by atoms with Crippen molar-refractivity contribution in [3.05, 3.63) is 0 Å². The van der Waals surface area contributed by atoms with Gasteiger partial charge in [-0.05, 0) is 20.8 Å². The highest BCUT2D eigenvalue weighted by Gasteiger charge is 2.50. The molecule has 0 N–H and O–H groups in total. The van der Waals surface area contributed by atoms with Gasteiger partial charge in [-0.1, -0.05) is 0 Å². The first-order valence-corrected chi connectivity index (χ1v) is 6.45. The van der Waals surface area contributed by atoms with Gasteiger partial charge in [0.25, 0.3) is 5.41 Å². The van der Waals surface area contributed by atoms with Crippen molar-refractivity contribution < 1.29 is 23.0 Å². The first-order valence-electron chi connectivity index (χ1n) is 4.37. The summed E-state index contributed by atoms with van der Waals surface area (Å²) in [5.41, 5.74) is 0. The molecule has 0 rings (SSSR count). The van der Waals surface area contributed by atoms with Gasteiger partial charge in [0.1, 0.15) is 0 Å². The molecule has 0 aliphatic heterocycles. The van der Waals surface area contributed by atoms with Crippen LogP contribution < -0.4 is 0 Å². The van der Waals surface area contributed by atoms with Crippen LogP contribution in [0.25, 0.3) is 0 Å². The van der Waals surface area contributed by atoms with Crippen molar-refractivity contribution in [2.75, 3.05) is 19.9 Å². The zero-order chi connectivity index (χ0) is 11.4. The Hall–Kier alpha value is -0.410. The van der Waals surface area contributed by atoms with Crippen LogP contribution >= 0.6 is 7.37 Å². The van der Waals surface area contributed by atoms with Crippen LogP contribution in [0.5, 0.6) is 0 Å². The minimum atomic E-state index is -3.62. The Balaban J connectivity index is 4.75. The summed E-state index contributed by atoms with van der Waals surface area (Å²) in [6.45, 7) is 5.28. The fraction of sp³-hybridized carbons (Fsp3) is 0.875. The van der Waals surface area contributed by atoms with E-state index in [2.05, 4.69) is 4.74 Å². The highest BCUT2D eigenvalue weighted by molar-refractivity contribution is 7.60. The Labute approximate surface area is 83.2 Å². The summed E-state index contributed by atoms with van der Waals surface area (Å²) >= 11 is 0. The zero-order valence-electron chi connectivity index (χ0n) is 8.87. The van der Waals surface area contributed by atoms with E-state index < -0.39 is 18.7 Å². The first kappa shape index (κ1) is 13.6. The van der Waals surface area contributed by atoms with E-state index in [0.29, 0.717) is 0 Å². The quantitative estimate of drug-likeness (QED) is 0.532. The summed E-state index contributed by atoms with van der Waals surface area (Å²) in [5.74, 6) is -1.14. The third-order valence-corrected chi connectivity index (χ3v) is 4.25. The van der Waals surface area contributed by atoms with Crippen LogP contribution in [-0.4, -0.2) is 31.3 Å². The van der Waals surface area contributed by atoms with Crippen LogP contribution in [-0.2, 0) is 18.6 Å². The molecule has 6 heteroatoms. The van der Waals surface area contributed by atoms with Gasteiger partial charge in [0, 0.05) is 6.66 Å². The average molecular weight is 226 g/mol. The van der Waals surface area contributed by atoms with E-state index in [1.165, 1.54) is 0 Å². The third-order valence-electron chi connectivity index (χ3n) is 1.79. The van der Waals surface area contributed by atoms with Crippen molar-refractivity contribution in [3.8, 4) is 0 Å². The van der Waals surface area contributed by atoms with Crippen molar-refractivity contribution in [3.63, 3.8) is 0 Å². The monoisotopic (exact) mass is 226 g/mol. The van der Waals surface area contributed by atoms with Crippen LogP contribution in [0.3, 0.4) is 0 Å². The number of halogens is 1.